The van der Waals surface area contributed by atoms with E-state index in [1.807, 2.05) is 57.1 Å². The SMILES string of the molecule is CC[C@](O[SH](=O)=O)(c1cccc(OC)c1)[C@@H](C)CN(C)C. The maximum Gasteiger partial charge on any atom is 0.258 e. The van der Waals surface area contributed by atoms with Crippen LogP contribution in [0.15, 0.2) is 24.3 Å². The molecule has 2 atom stereocenters. The molecule has 1 rings (SSSR count). The highest BCUT2D eigenvalue weighted by molar-refractivity contribution is 7.67. The topological polar surface area (TPSA) is 55.8 Å². The minimum Gasteiger partial charge on any atom is -0.497 e. The van der Waals surface area contributed by atoms with Crippen LogP contribution in [0.3, 0.4) is 0 Å². The van der Waals surface area contributed by atoms with Crippen LogP contribution in [0.1, 0.15) is 25.8 Å². The van der Waals surface area contributed by atoms with Gasteiger partial charge in [-0.25, -0.2) is 8.42 Å². The van der Waals surface area contributed by atoms with Crippen LogP contribution in [0.2, 0.25) is 0 Å². The molecule has 0 aromatic heterocycles. The van der Waals surface area contributed by atoms with Crippen molar-refractivity contribution < 1.29 is 17.3 Å². The molecule has 5 nitrogen and oxygen atoms in total. The predicted octanol–water partition coefficient (Wildman–Crippen LogP) is 2.04. The number of rotatable bonds is 8. The van der Waals surface area contributed by atoms with Crippen LogP contribution >= 0.6 is 0 Å². The Balaban J connectivity index is 3.33. The van der Waals surface area contributed by atoms with Gasteiger partial charge in [-0.05, 0) is 38.2 Å². The van der Waals surface area contributed by atoms with Crippen LogP contribution in [0.5, 0.6) is 5.75 Å². The van der Waals surface area contributed by atoms with Crippen LogP contribution < -0.4 is 4.74 Å². The third-order valence-corrected chi connectivity index (χ3v) is 4.23. The summed E-state index contributed by atoms with van der Waals surface area (Å²) in [6.07, 6.45) is 0.554. The molecular formula is C15H25NO4S. The van der Waals surface area contributed by atoms with Crippen LogP contribution in [0.4, 0.5) is 0 Å². The second kappa shape index (κ2) is 7.77. The van der Waals surface area contributed by atoms with E-state index in [-0.39, 0.29) is 5.92 Å². The van der Waals surface area contributed by atoms with Gasteiger partial charge in [-0.3, -0.25) is 4.18 Å². The van der Waals surface area contributed by atoms with Crippen molar-refractivity contribution in [1.82, 2.24) is 4.90 Å². The lowest BCUT2D eigenvalue weighted by atomic mass is 9.80. The molecule has 0 spiro atoms. The van der Waals surface area contributed by atoms with Crippen molar-refractivity contribution >= 4 is 11.0 Å². The molecule has 1 aromatic carbocycles. The zero-order valence-corrected chi connectivity index (χ0v) is 14.2. The molecule has 0 aliphatic heterocycles. The summed E-state index contributed by atoms with van der Waals surface area (Å²) in [6.45, 7) is 4.65. The molecule has 120 valence electrons. The zero-order valence-electron chi connectivity index (χ0n) is 13.3. The average molecular weight is 315 g/mol. The molecule has 0 unspecified atom stereocenters. The van der Waals surface area contributed by atoms with Gasteiger partial charge in [-0.2, -0.15) is 0 Å². The fraction of sp³-hybridized carbons (Fsp3) is 0.600. The van der Waals surface area contributed by atoms with Crippen molar-refractivity contribution in [2.24, 2.45) is 5.92 Å². The average Bonchev–Trinajstić information content (AvgIpc) is 2.43. The number of thiol groups is 1. The monoisotopic (exact) mass is 315 g/mol. The standard InChI is InChI=1S/C15H25NO4S/c1-6-15(20-21(17)18,12(2)11-16(3)4)13-8-7-9-14(10-13)19-5/h7-10,12,21H,6,11H2,1-5H3/t12-,15+/m0/s1. The fourth-order valence-electron chi connectivity index (χ4n) is 2.76. The van der Waals surface area contributed by atoms with Crippen molar-refractivity contribution in [2.75, 3.05) is 27.7 Å². The van der Waals surface area contributed by atoms with Gasteiger partial charge in [0.05, 0.1) is 7.11 Å². The van der Waals surface area contributed by atoms with Crippen molar-refractivity contribution in [2.45, 2.75) is 25.9 Å². The summed E-state index contributed by atoms with van der Waals surface area (Å²) < 4.78 is 33.2. The number of benzene rings is 1. The normalized spacial score (nSPS) is 16.0. The first-order chi connectivity index (χ1) is 9.85. The Morgan fingerprint density at radius 1 is 1.33 bits per heavy atom. The molecule has 0 bridgehead atoms. The molecule has 21 heavy (non-hydrogen) atoms. The molecule has 0 aliphatic rings. The summed E-state index contributed by atoms with van der Waals surface area (Å²) in [5.41, 5.74) is -0.0634. The lowest BCUT2D eigenvalue weighted by molar-refractivity contribution is 0.00706. The predicted molar refractivity (Wildman–Crippen MR) is 84.1 cm³/mol. The Morgan fingerprint density at radius 3 is 2.48 bits per heavy atom. The van der Waals surface area contributed by atoms with E-state index in [0.717, 1.165) is 5.56 Å². The second-order valence-electron chi connectivity index (χ2n) is 5.45. The van der Waals surface area contributed by atoms with Gasteiger partial charge >= 0.3 is 0 Å². The summed E-state index contributed by atoms with van der Waals surface area (Å²) in [5, 5.41) is 0. The first kappa shape index (κ1) is 17.9. The van der Waals surface area contributed by atoms with Crippen molar-refractivity contribution in [3.05, 3.63) is 29.8 Å². The number of nitrogens with zero attached hydrogens (tertiary/aromatic N) is 1. The van der Waals surface area contributed by atoms with Gasteiger partial charge in [-0.1, -0.05) is 26.0 Å². The van der Waals surface area contributed by atoms with E-state index in [9.17, 15) is 8.42 Å². The minimum absolute atomic E-state index is 0.00231. The van der Waals surface area contributed by atoms with Crippen molar-refractivity contribution in [3.8, 4) is 5.75 Å². The highest BCUT2D eigenvalue weighted by atomic mass is 32.2. The molecule has 1 aromatic rings. The molecule has 0 saturated heterocycles. The van der Waals surface area contributed by atoms with Crippen molar-refractivity contribution in [1.29, 1.82) is 0 Å². The fourth-order valence-corrected chi connectivity index (χ4v) is 3.44. The minimum atomic E-state index is -2.95. The van der Waals surface area contributed by atoms with E-state index in [0.29, 0.717) is 18.7 Å². The van der Waals surface area contributed by atoms with E-state index < -0.39 is 16.6 Å². The number of ether oxygens (including phenoxy) is 1. The Labute approximate surface area is 129 Å². The molecule has 0 fully saturated rings. The summed E-state index contributed by atoms with van der Waals surface area (Å²) in [5.74, 6) is 0.685. The molecule has 6 heteroatoms. The number of hydrogen-bond donors (Lipinski definition) is 1. The van der Waals surface area contributed by atoms with Gasteiger partial charge in [0, 0.05) is 12.5 Å². The van der Waals surface area contributed by atoms with Gasteiger partial charge in [0.25, 0.3) is 11.0 Å². The third kappa shape index (κ3) is 4.43. The summed E-state index contributed by atoms with van der Waals surface area (Å²) in [6, 6.07) is 7.41. The summed E-state index contributed by atoms with van der Waals surface area (Å²) >= 11 is 0. The first-order valence-electron chi connectivity index (χ1n) is 6.98. The molecule has 0 amide bonds. The first-order valence-corrected chi connectivity index (χ1v) is 8.08. The van der Waals surface area contributed by atoms with Gasteiger partial charge in [0.1, 0.15) is 11.4 Å². The van der Waals surface area contributed by atoms with E-state index in [4.69, 9.17) is 8.92 Å². The Hall–Kier alpha value is -1.11. The summed E-state index contributed by atoms with van der Waals surface area (Å²) in [7, 11) is 2.56. The highest BCUT2D eigenvalue weighted by Gasteiger charge is 2.39. The maximum absolute atomic E-state index is 11.3. The largest absolute Gasteiger partial charge is 0.497 e. The Bertz CT molecular complexity index is 522. The lowest BCUT2D eigenvalue weighted by Gasteiger charge is -2.37. The van der Waals surface area contributed by atoms with E-state index in [1.54, 1.807) is 7.11 Å². The van der Waals surface area contributed by atoms with Crippen LogP contribution in [-0.2, 0) is 20.8 Å². The molecule has 0 aliphatic carbocycles. The Morgan fingerprint density at radius 2 is 2.00 bits per heavy atom. The maximum atomic E-state index is 11.3. The van der Waals surface area contributed by atoms with Crippen LogP contribution in [0.25, 0.3) is 0 Å². The van der Waals surface area contributed by atoms with E-state index in [1.165, 1.54) is 0 Å². The molecule has 0 saturated carbocycles. The second-order valence-corrected chi connectivity index (χ2v) is 6.08. The number of hydrogen-bond acceptors (Lipinski definition) is 5. The van der Waals surface area contributed by atoms with Gasteiger partial charge in [-0.15, -0.1) is 0 Å². The van der Waals surface area contributed by atoms with Crippen LogP contribution in [0, 0.1) is 5.92 Å². The Kier molecular flexibility index (Phi) is 6.64. The molecule has 0 radical (unpaired) electrons. The molecular weight excluding hydrogens is 290 g/mol. The molecule has 0 N–H and O–H groups in total. The van der Waals surface area contributed by atoms with E-state index in [2.05, 4.69) is 0 Å². The van der Waals surface area contributed by atoms with Crippen LogP contribution in [-0.4, -0.2) is 41.1 Å². The number of methoxy groups -OCH3 is 1. The lowest BCUT2D eigenvalue weighted by Crippen LogP contribution is -2.41. The molecule has 0 heterocycles. The van der Waals surface area contributed by atoms with Gasteiger partial charge in [0.15, 0.2) is 0 Å². The smallest absolute Gasteiger partial charge is 0.258 e. The van der Waals surface area contributed by atoms with Gasteiger partial charge < -0.3 is 9.64 Å². The van der Waals surface area contributed by atoms with Gasteiger partial charge in [0.2, 0.25) is 0 Å². The highest BCUT2D eigenvalue weighted by Crippen LogP contribution is 2.39. The quantitative estimate of drug-likeness (QED) is 0.744. The third-order valence-electron chi connectivity index (χ3n) is 3.76. The van der Waals surface area contributed by atoms with Crippen molar-refractivity contribution in [3.63, 3.8) is 0 Å². The van der Waals surface area contributed by atoms with E-state index >= 15 is 0 Å². The summed E-state index contributed by atoms with van der Waals surface area (Å²) in [4.78, 5) is 2.02. The zero-order chi connectivity index (χ0) is 16.0.